The summed E-state index contributed by atoms with van der Waals surface area (Å²) < 4.78 is 5.54. The second-order valence-electron chi connectivity index (χ2n) is 3.18. The van der Waals surface area contributed by atoms with Crippen molar-refractivity contribution in [1.82, 2.24) is 0 Å². The summed E-state index contributed by atoms with van der Waals surface area (Å²) in [5.41, 5.74) is 0.550. The van der Waals surface area contributed by atoms with Crippen molar-refractivity contribution in [1.29, 1.82) is 0 Å². The molecule has 82 valence electrons. The third-order valence-electron chi connectivity index (χ3n) is 2.04. The van der Waals surface area contributed by atoms with Gasteiger partial charge in [-0.05, 0) is 29.6 Å². The average molecular weight is 253 g/mol. The van der Waals surface area contributed by atoms with Crippen molar-refractivity contribution in [3.8, 4) is 5.75 Å². The van der Waals surface area contributed by atoms with Crippen LogP contribution in [0.2, 0.25) is 5.02 Å². The van der Waals surface area contributed by atoms with Crippen LogP contribution < -0.4 is 4.74 Å². The van der Waals surface area contributed by atoms with E-state index in [4.69, 9.17) is 16.3 Å². The van der Waals surface area contributed by atoms with E-state index in [1.807, 2.05) is 17.5 Å². The molecular weight excluding hydrogens is 244 g/mol. The van der Waals surface area contributed by atoms with E-state index in [0.29, 0.717) is 22.9 Å². The van der Waals surface area contributed by atoms with Gasteiger partial charge in [-0.3, -0.25) is 4.79 Å². The molecule has 0 unspecified atom stereocenters. The molecule has 0 aliphatic rings. The SMILES string of the molecule is O=Cc1ccc(OCc2cccs2)c(Cl)c1. The van der Waals surface area contributed by atoms with Crippen molar-refractivity contribution in [3.63, 3.8) is 0 Å². The summed E-state index contributed by atoms with van der Waals surface area (Å²) in [4.78, 5) is 11.7. The Kier molecular flexibility index (Phi) is 3.59. The lowest BCUT2D eigenvalue weighted by Gasteiger charge is -2.06. The van der Waals surface area contributed by atoms with E-state index >= 15 is 0 Å². The zero-order valence-corrected chi connectivity index (χ0v) is 9.92. The lowest BCUT2D eigenvalue weighted by atomic mass is 10.2. The minimum absolute atomic E-state index is 0.459. The summed E-state index contributed by atoms with van der Waals surface area (Å²) >= 11 is 7.60. The summed E-state index contributed by atoms with van der Waals surface area (Å²) in [5.74, 6) is 0.598. The first kappa shape index (κ1) is 11.2. The van der Waals surface area contributed by atoms with Crippen LogP contribution in [0.3, 0.4) is 0 Å². The number of ether oxygens (including phenoxy) is 1. The van der Waals surface area contributed by atoms with Crippen molar-refractivity contribution in [2.24, 2.45) is 0 Å². The van der Waals surface area contributed by atoms with Crippen LogP contribution in [0, 0.1) is 0 Å². The molecule has 0 bridgehead atoms. The van der Waals surface area contributed by atoms with E-state index in [0.717, 1.165) is 11.2 Å². The molecule has 1 aromatic heterocycles. The fourth-order valence-electron chi connectivity index (χ4n) is 1.25. The van der Waals surface area contributed by atoms with E-state index in [1.165, 1.54) is 0 Å². The highest BCUT2D eigenvalue weighted by Crippen LogP contribution is 2.26. The lowest BCUT2D eigenvalue weighted by molar-refractivity contribution is 0.112. The molecule has 0 fully saturated rings. The van der Waals surface area contributed by atoms with Crippen LogP contribution in [0.5, 0.6) is 5.75 Å². The quantitative estimate of drug-likeness (QED) is 0.774. The smallest absolute Gasteiger partial charge is 0.150 e. The molecule has 0 aliphatic heterocycles. The molecule has 0 saturated carbocycles. The molecule has 0 aliphatic carbocycles. The second-order valence-corrected chi connectivity index (χ2v) is 4.62. The van der Waals surface area contributed by atoms with Gasteiger partial charge in [0.2, 0.25) is 0 Å². The zero-order valence-electron chi connectivity index (χ0n) is 8.35. The molecule has 1 aromatic carbocycles. The van der Waals surface area contributed by atoms with Crippen LogP contribution in [0.1, 0.15) is 15.2 Å². The Morgan fingerprint density at radius 2 is 2.25 bits per heavy atom. The molecule has 16 heavy (non-hydrogen) atoms. The van der Waals surface area contributed by atoms with E-state index in [-0.39, 0.29) is 0 Å². The van der Waals surface area contributed by atoms with Gasteiger partial charge in [-0.25, -0.2) is 0 Å². The summed E-state index contributed by atoms with van der Waals surface area (Å²) in [6, 6.07) is 8.96. The van der Waals surface area contributed by atoms with E-state index in [2.05, 4.69) is 0 Å². The molecule has 2 nitrogen and oxygen atoms in total. The normalized spacial score (nSPS) is 10.1. The molecule has 2 rings (SSSR count). The number of thiophene rings is 1. The van der Waals surface area contributed by atoms with Gasteiger partial charge in [0.15, 0.2) is 0 Å². The first-order chi connectivity index (χ1) is 7.79. The molecule has 0 saturated heterocycles. The Balaban J connectivity index is 2.07. The average Bonchev–Trinajstić information content (AvgIpc) is 2.80. The summed E-state index contributed by atoms with van der Waals surface area (Å²) in [6.07, 6.45) is 0.759. The Labute approximate surface area is 102 Å². The zero-order chi connectivity index (χ0) is 11.4. The number of hydrogen-bond acceptors (Lipinski definition) is 3. The van der Waals surface area contributed by atoms with Crippen LogP contribution in [-0.4, -0.2) is 6.29 Å². The Bertz CT molecular complexity index is 480. The number of rotatable bonds is 4. The van der Waals surface area contributed by atoms with Gasteiger partial charge in [-0.2, -0.15) is 0 Å². The van der Waals surface area contributed by atoms with E-state index < -0.39 is 0 Å². The Hall–Kier alpha value is -1.32. The lowest BCUT2D eigenvalue weighted by Crippen LogP contribution is -1.94. The highest BCUT2D eigenvalue weighted by Gasteiger charge is 2.03. The topological polar surface area (TPSA) is 26.3 Å². The molecule has 0 amide bonds. The minimum atomic E-state index is 0.459. The van der Waals surface area contributed by atoms with Crippen molar-refractivity contribution >= 4 is 29.2 Å². The molecule has 0 N–H and O–H groups in total. The number of hydrogen-bond donors (Lipinski definition) is 0. The summed E-state index contributed by atoms with van der Waals surface area (Å²) in [7, 11) is 0. The standard InChI is InChI=1S/C12H9ClO2S/c13-11-6-9(7-14)3-4-12(11)15-8-10-2-1-5-16-10/h1-7H,8H2. The summed E-state index contributed by atoms with van der Waals surface area (Å²) in [6.45, 7) is 0.498. The van der Waals surface area contributed by atoms with Gasteiger partial charge in [0.05, 0.1) is 5.02 Å². The molecule has 2 aromatic rings. The molecular formula is C12H9ClO2S. The van der Waals surface area contributed by atoms with Gasteiger partial charge in [-0.1, -0.05) is 17.7 Å². The monoisotopic (exact) mass is 252 g/mol. The third kappa shape index (κ3) is 2.62. The highest BCUT2D eigenvalue weighted by atomic mass is 35.5. The van der Waals surface area contributed by atoms with E-state index in [9.17, 15) is 4.79 Å². The predicted octanol–water partition coefficient (Wildman–Crippen LogP) is 3.79. The molecule has 0 radical (unpaired) electrons. The van der Waals surface area contributed by atoms with Crippen molar-refractivity contribution in [3.05, 3.63) is 51.2 Å². The number of carbonyl (C=O) groups is 1. The fourth-order valence-corrected chi connectivity index (χ4v) is 2.11. The number of benzene rings is 1. The van der Waals surface area contributed by atoms with Crippen molar-refractivity contribution < 1.29 is 9.53 Å². The van der Waals surface area contributed by atoms with Gasteiger partial charge >= 0.3 is 0 Å². The molecule has 1 heterocycles. The molecule has 4 heteroatoms. The second kappa shape index (κ2) is 5.14. The number of aldehydes is 1. The summed E-state index contributed by atoms with van der Waals surface area (Å²) in [5, 5.41) is 2.46. The first-order valence-corrected chi connectivity index (χ1v) is 5.95. The maximum absolute atomic E-state index is 10.5. The number of carbonyl (C=O) groups excluding carboxylic acids is 1. The minimum Gasteiger partial charge on any atom is -0.487 e. The van der Waals surface area contributed by atoms with Crippen LogP contribution in [0.15, 0.2) is 35.7 Å². The van der Waals surface area contributed by atoms with Gasteiger partial charge in [0.25, 0.3) is 0 Å². The van der Waals surface area contributed by atoms with Gasteiger partial charge in [0, 0.05) is 10.4 Å². The maximum atomic E-state index is 10.5. The Morgan fingerprint density at radius 3 is 2.88 bits per heavy atom. The van der Waals surface area contributed by atoms with Gasteiger partial charge in [-0.15, -0.1) is 11.3 Å². The van der Waals surface area contributed by atoms with Gasteiger partial charge in [0.1, 0.15) is 18.6 Å². The van der Waals surface area contributed by atoms with Crippen LogP contribution in [0.4, 0.5) is 0 Å². The third-order valence-corrected chi connectivity index (χ3v) is 3.19. The number of halogens is 1. The Morgan fingerprint density at radius 1 is 1.38 bits per heavy atom. The van der Waals surface area contributed by atoms with Crippen molar-refractivity contribution in [2.75, 3.05) is 0 Å². The molecule has 0 spiro atoms. The van der Waals surface area contributed by atoms with Crippen molar-refractivity contribution in [2.45, 2.75) is 6.61 Å². The van der Waals surface area contributed by atoms with Crippen LogP contribution in [-0.2, 0) is 6.61 Å². The predicted molar refractivity (Wildman–Crippen MR) is 65.5 cm³/mol. The fraction of sp³-hybridized carbons (Fsp3) is 0.0833. The highest BCUT2D eigenvalue weighted by molar-refractivity contribution is 7.09. The first-order valence-electron chi connectivity index (χ1n) is 4.69. The van der Waals surface area contributed by atoms with Crippen LogP contribution in [0.25, 0.3) is 0 Å². The van der Waals surface area contributed by atoms with E-state index in [1.54, 1.807) is 29.5 Å². The largest absolute Gasteiger partial charge is 0.487 e. The van der Waals surface area contributed by atoms with Crippen LogP contribution >= 0.6 is 22.9 Å². The van der Waals surface area contributed by atoms with Gasteiger partial charge < -0.3 is 4.74 Å². The molecule has 0 atom stereocenters. The maximum Gasteiger partial charge on any atom is 0.150 e.